The fourth-order valence-corrected chi connectivity index (χ4v) is 5.26. The number of hydrogen-bond acceptors (Lipinski definition) is 7. The number of nitrogens with one attached hydrogen (secondary N) is 2. The number of aromatic nitrogens is 1. The molecule has 6 N–H and O–H groups in total. The summed E-state index contributed by atoms with van der Waals surface area (Å²) in [7, 11) is -3.81. The number of piperidine rings is 1. The van der Waals surface area contributed by atoms with Crippen molar-refractivity contribution in [3.8, 4) is 11.8 Å². The van der Waals surface area contributed by atoms with Crippen LogP contribution in [0.5, 0.6) is 0 Å². The molecule has 40 heavy (non-hydrogen) atoms. The second-order valence-corrected chi connectivity index (χ2v) is 11.3. The molecule has 3 aromatic rings. The molecule has 1 saturated heterocycles. The van der Waals surface area contributed by atoms with Crippen molar-refractivity contribution in [1.29, 1.82) is 0 Å². The van der Waals surface area contributed by atoms with E-state index in [0.29, 0.717) is 23.1 Å². The molecular weight excluding hydrogens is 547 g/mol. The van der Waals surface area contributed by atoms with Crippen LogP contribution in [-0.4, -0.2) is 79.2 Å². The Labute approximate surface area is 230 Å². The average molecular weight is 580 g/mol. The topological polar surface area (TPSA) is 133 Å². The van der Waals surface area contributed by atoms with E-state index in [1.807, 2.05) is 6.07 Å². The van der Waals surface area contributed by atoms with E-state index in [1.165, 1.54) is 24.3 Å². The summed E-state index contributed by atoms with van der Waals surface area (Å²) in [5, 5.41) is 30.9. The highest BCUT2D eigenvalue weighted by molar-refractivity contribution is 7.89. The molecule has 0 aliphatic carbocycles. The Morgan fingerprint density at radius 2 is 1.82 bits per heavy atom. The molecule has 0 radical (unpaired) electrons. The Morgan fingerprint density at radius 3 is 2.45 bits per heavy atom. The van der Waals surface area contributed by atoms with Gasteiger partial charge in [-0.15, -0.1) is 0 Å². The number of fused-ring (bicyclic) bond motifs is 1. The predicted octanol–water partition coefficient (Wildman–Crippen LogP) is 2.54. The maximum absolute atomic E-state index is 13.5. The number of primary sulfonamides is 1. The first kappa shape index (κ1) is 29.7. The van der Waals surface area contributed by atoms with Gasteiger partial charge >= 0.3 is 6.18 Å². The molecule has 4 rings (SSSR count). The van der Waals surface area contributed by atoms with Gasteiger partial charge in [0, 0.05) is 42.4 Å². The van der Waals surface area contributed by atoms with Crippen LogP contribution in [0, 0.1) is 11.8 Å². The standard InChI is InChI=1S/C27H32F3N5O4S/c28-27(29,30)18-35-21(3-2-12-32-19-6-8-23(9-7-19)40(31,38)39)15-24-25(4-1-5-26(24)35)33-20-10-13-34(14-11-20)16-22(37)17-36/h1,4-9,15,20,22,32-33,36-37H,10-14,16-18H2,(H2,31,38,39). The molecule has 13 heteroatoms. The molecule has 1 aliphatic rings. The summed E-state index contributed by atoms with van der Waals surface area (Å²) in [6.45, 7) is 0.513. The van der Waals surface area contributed by atoms with E-state index in [-0.39, 0.29) is 29.8 Å². The van der Waals surface area contributed by atoms with Crippen LogP contribution < -0.4 is 15.8 Å². The van der Waals surface area contributed by atoms with Gasteiger partial charge in [-0.3, -0.25) is 0 Å². The zero-order valence-electron chi connectivity index (χ0n) is 21.7. The molecule has 1 fully saturated rings. The summed E-state index contributed by atoms with van der Waals surface area (Å²) in [6.07, 6.45) is -3.65. The summed E-state index contributed by atoms with van der Waals surface area (Å²) in [4.78, 5) is 2.05. The Morgan fingerprint density at radius 1 is 1.12 bits per heavy atom. The van der Waals surface area contributed by atoms with Gasteiger partial charge in [0.25, 0.3) is 0 Å². The number of sulfonamides is 1. The number of likely N-dealkylation sites (tertiary alicyclic amines) is 1. The van der Waals surface area contributed by atoms with Crippen LogP contribution in [0.25, 0.3) is 10.9 Å². The van der Waals surface area contributed by atoms with Gasteiger partial charge in [0.2, 0.25) is 10.0 Å². The van der Waals surface area contributed by atoms with Gasteiger partial charge in [-0.2, -0.15) is 13.2 Å². The number of nitrogens with zero attached hydrogens (tertiary/aromatic N) is 2. The molecule has 2 aromatic carbocycles. The molecule has 1 atom stereocenters. The summed E-state index contributed by atoms with van der Waals surface area (Å²) >= 11 is 0. The molecule has 216 valence electrons. The van der Waals surface area contributed by atoms with Gasteiger partial charge in [0.05, 0.1) is 35.4 Å². The Bertz CT molecular complexity index is 1470. The van der Waals surface area contributed by atoms with Crippen molar-refractivity contribution in [2.45, 2.75) is 42.6 Å². The van der Waals surface area contributed by atoms with Crippen molar-refractivity contribution in [2.75, 3.05) is 43.4 Å². The summed E-state index contributed by atoms with van der Waals surface area (Å²) < 4.78 is 64.4. The second-order valence-electron chi connectivity index (χ2n) is 9.75. The molecular formula is C27H32F3N5O4S. The lowest BCUT2D eigenvalue weighted by atomic mass is 10.0. The summed E-state index contributed by atoms with van der Waals surface area (Å²) in [5.41, 5.74) is 1.95. The summed E-state index contributed by atoms with van der Waals surface area (Å²) in [6, 6.07) is 12.7. The normalized spacial score (nSPS) is 15.9. The van der Waals surface area contributed by atoms with Gasteiger partial charge < -0.3 is 30.3 Å². The predicted molar refractivity (Wildman–Crippen MR) is 147 cm³/mol. The van der Waals surface area contributed by atoms with E-state index >= 15 is 0 Å². The van der Waals surface area contributed by atoms with Gasteiger partial charge in [0.1, 0.15) is 6.54 Å². The third-order valence-electron chi connectivity index (χ3n) is 6.69. The number of aliphatic hydroxyl groups is 2. The zero-order valence-corrected chi connectivity index (χ0v) is 22.5. The first-order valence-corrected chi connectivity index (χ1v) is 14.3. The maximum Gasteiger partial charge on any atom is 0.406 e. The van der Waals surface area contributed by atoms with Gasteiger partial charge in [0.15, 0.2) is 0 Å². The monoisotopic (exact) mass is 579 g/mol. The SMILES string of the molecule is NS(=O)(=O)c1ccc(NCC#Cc2cc3c(NC4CCN(CC(O)CO)CC4)cccc3n2CC(F)(F)F)cc1. The first-order chi connectivity index (χ1) is 18.9. The number of rotatable bonds is 9. The van der Waals surface area contributed by atoms with Crippen LogP contribution in [0.1, 0.15) is 18.5 Å². The number of anilines is 2. The molecule has 0 saturated carbocycles. The number of alkyl halides is 3. The van der Waals surface area contributed by atoms with Crippen molar-refractivity contribution in [1.82, 2.24) is 9.47 Å². The molecule has 1 aliphatic heterocycles. The van der Waals surface area contributed by atoms with Crippen LogP contribution >= 0.6 is 0 Å². The fraction of sp³-hybridized carbons (Fsp3) is 0.407. The molecule has 1 unspecified atom stereocenters. The number of halogens is 3. The maximum atomic E-state index is 13.5. The van der Waals surface area contributed by atoms with Crippen LogP contribution in [0.2, 0.25) is 0 Å². The second kappa shape index (κ2) is 12.5. The van der Waals surface area contributed by atoms with E-state index in [4.69, 9.17) is 10.2 Å². The lowest BCUT2D eigenvalue weighted by Gasteiger charge is -2.33. The number of nitrogens with two attached hydrogens (primary N) is 1. The highest BCUT2D eigenvalue weighted by Crippen LogP contribution is 2.31. The van der Waals surface area contributed by atoms with E-state index in [1.54, 1.807) is 18.2 Å². The van der Waals surface area contributed by atoms with E-state index < -0.39 is 28.8 Å². The van der Waals surface area contributed by atoms with Crippen LogP contribution in [0.4, 0.5) is 24.5 Å². The van der Waals surface area contributed by atoms with Crippen molar-refractivity contribution in [3.63, 3.8) is 0 Å². The first-order valence-electron chi connectivity index (χ1n) is 12.8. The van der Waals surface area contributed by atoms with Gasteiger partial charge in [-0.05, 0) is 61.2 Å². The number of benzene rings is 2. The molecule has 0 amide bonds. The van der Waals surface area contributed by atoms with E-state index in [0.717, 1.165) is 36.2 Å². The third-order valence-corrected chi connectivity index (χ3v) is 7.62. The highest BCUT2D eigenvalue weighted by atomic mass is 32.2. The Hall–Kier alpha value is -3.28. The molecule has 0 bridgehead atoms. The minimum absolute atomic E-state index is 0.0312. The molecule has 2 heterocycles. The minimum atomic E-state index is -4.44. The highest BCUT2D eigenvalue weighted by Gasteiger charge is 2.30. The molecule has 1 aromatic heterocycles. The van der Waals surface area contributed by atoms with Crippen molar-refractivity contribution >= 4 is 32.3 Å². The average Bonchev–Trinajstić information content (AvgIpc) is 3.24. The minimum Gasteiger partial charge on any atom is -0.394 e. The lowest BCUT2D eigenvalue weighted by molar-refractivity contribution is -0.140. The molecule has 0 spiro atoms. The molecule has 9 nitrogen and oxygen atoms in total. The van der Waals surface area contributed by atoms with E-state index in [2.05, 4.69) is 27.4 Å². The van der Waals surface area contributed by atoms with E-state index in [9.17, 15) is 26.7 Å². The number of β-amino-alcohol motifs (C(OH)–C–C–N with tert-alkyl or cyclic N) is 1. The van der Waals surface area contributed by atoms with Gasteiger partial charge in [-0.1, -0.05) is 12.0 Å². The van der Waals surface area contributed by atoms with Crippen molar-refractivity contribution in [2.24, 2.45) is 5.14 Å². The Balaban J connectivity index is 1.50. The van der Waals surface area contributed by atoms with Crippen molar-refractivity contribution in [3.05, 3.63) is 54.2 Å². The van der Waals surface area contributed by atoms with Crippen LogP contribution in [-0.2, 0) is 16.6 Å². The lowest BCUT2D eigenvalue weighted by Crippen LogP contribution is -2.43. The van der Waals surface area contributed by atoms with Crippen LogP contribution in [0.3, 0.4) is 0 Å². The Kier molecular flexibility index (Phi) is 9.27. The largest absolute Gasteiger partial charge is 0.406 e. The number of hydrogen-bond donors (Lipinski definition) is 5. The quantitative estimate of drug-likeness (QED) is 0.246. The smallest absolute Gasteiger partial charge is 0.394 e. The fourth-order valence-electron chi connectivity index (χ4n) is 4.74. The van der Waals surface area contributed by atoms with Crippen LogP contribution in [0.15, 0.2) is 53.4 Å². The van der Waals surface area contributed by atoms with Gasteiger partial charge in [-0.25, -0.2) is 13.6 Å². The number of aliphatic hydroxyl groups excluding tert-OH is 2. The summed E-state index contributed by atoms with van der Waals surface area (Å²) in [5.74, 6) is 5.70. The zero-order chi connectivity index (χ0) is 28.9. The third kappa shape index (κ3) is 7.89. The van der Waals surface area contributed by atoms with Crippen molar-refractivity contribution < 1.29 is 31.8 Å².